The fourth-order valence-corrected chi connectivity index (χ4v) is 4.16. The maximum Gasteiger partial charge on any atom is 0.119 e. The lowest BCUT2D eigenvalue weighted by Gasteiger charge is -2.11. The van der Waals surface area contributed by atoms with Crippen molar-refractivity contribution in [1.82, 2.24) is 20.1 Å². The van der Waals surface area contributed by atoms with Gasteiger partial charge in [0.1, 0.15) is 5.75 Å². The number of ether oxygens (including phenoxy) is 1. The van der Waals surface area contributed by atoms with E-state index in [2.05, 4.69) is 22.6 Å². The predicted molar refractivity (Wildman–Crippen MR) is 123 cm³/mol. The fraction of sp³-hybridized carbons (Fsp3) is 0.217. The second-order valence-corrected chi connectivity index (χ2v) is 8.49. The van der Waals surface area contributed by atoms with Crippen molar-refractivity contribution in [1.29, 1.82) is 0 Å². The fourth-order valence-electron chi connectivity index (χ4n) is 3.23. The molecule has 2 heterocycles. The van der Waals surface area contributed by atoms with E-state index in [9.17, 15) is 0 Å². The average Bonchev–Trinajstić information content (AvgIpc) is 3.39. The number of aromatic nitrogens is 3. The number of nitrogens with one attached hydrogen (secondary N) is 1. The molecule has 5 nitrogen and oxygen atoms in total. The third-order valence-corrected chi connectivity index (χ3v) is 6.06. The molecular weight excluding hydrogens is 416 g/mol. The minimum absolute atomic E-state index is 0.137. The molecule has 0 spiro atoms. The number of benzene rings is 2. The van der Waals surface area contributed by atoms with Crippen LogP contribution in [0.25, 0.3) is 16.9 Å². The van der Waals surface area contributed by atoms with Gasteiger partial charge in [-0.15, -0.1) is 11.3 Å². The molecule has 2 aromatic carbocycles. The van der Waals surface area contributed by atoms with Gasteiger partial charge in [-0.25, -0.2) is 9.67 Å². The van der Waals surface area contributed by atoms with Crippen LogP contribution in [0.1, 0.15) is 29.2 Å². The van der Waals surface area contributed by atoms with E-state index in [1.807, 2.05) is 66.3 Å². The molecule has 0 aliphatic heterocycles. The van der Waals surface area contributed by atoms with E-state index in [4.69, 9.17) is 21.4 Å². The summed E-state index contributed by atoms with van der Waals surface area (Å²) >= 11 is 8.16. The molecule has 154 valence electrons. The van der Waals surface area contributed by atoms with E-state index >= 15 is 0 Å². The smallest absolute Gasteiger partial charge is 0.119 e. The van der Waals surface area contributed by atoms with Gasteiger partial charge in [0.25, 0.3) is 0 Å². The Morgan fingerprint density at radius 1 is 1.17 bits per heavy atom. The zero-order valence-electron chi connectivity index (χ0n) is 17.1. The minimum atomic E-state index is 0.137. The average molecular weight is 439 g/mol. The Hall–Kier alpha value is -2.67. The van der Waals surface area contributed by atoms with Crippen molar-refractivity contribution in [2.24, 2.45) is 0 Å². The molecule has 2 aromatic heterocycles. The molecule has 4 rings (SSSR count). The van der Waals surface area contributed by atoms with E-state index in [0.717, 1.165) is 39.0 Å². The number of halogens is 1. The van der Waals surface area contributed by atoms with Gasteiger partial charge in [0.2, 0.25) is 0 Å². The standard InChI is InChI=1S/C23H23ClN4OS/c1-15(22-14-30-16(2)26-22)25-12-17-13-28(18-8-10-19(29-3)11-9-18)27-23(17)20-6-4-5-7-21(20)24/h4-11,13-15,25H,12H2,1-3H3/t15-/m1/s1. The predicted octanol–water partition coefficient (Wildman–Crippen LogP) is 5.82. The third-order valence-electron chi connectivity index (χ3n) is 4.94. The first-order chi connectivity index (χ1) is 14.5. The Balaban J connectivity index is 1.66. The van der Waals surface area contributed by atoms with E-state index in [1.54, 1.807) is 18.4 Å². The summed E-state index contributed by atoms with van der Waals surface area (Å²) in [6.45, 7) is 4.79. The summed E-state index contributed by atoms with van der Waals surface area (Å²) in [5.74, 6) is 0.812. The molecule has 0 radical (unpaired) electrons. The molecule has 1 atom stereocenters. The zero-order chi connectivity index (χ0) is 21.1. The second kappa shape index (κ2) is 9.00. The molecule has 0 aliphatic carbocycles. The van der Waals surface area contributed by atoms with Gasteiger partial charge in [-0.05, 0) is 44.2 Å². The van der Waals surface area contributed by atoms with Crippen molar-refractivity contribution in [2.75, 3.05) is 7.11 Å². The lowest BCUT2D eigenvalue weighted by atomic mass is 10.1. The van der Waals surface area contributed by atoms with Crippen LogP contribution in [0.15, 0.2) is 60.1 Å². The Kier molecular flexibility index (Phi) is 6.18. The summed E-state index contributed by atoms with van der Waals surface area (Å²) in [4.78, 5) is 4.59. The maximum atomic E-state index is 6.49. The summed E-state index contributed by atoms with van der Waals surface area (Å²) in [5.41, 5.74) is 4.86. The largest absolute Gasteiger partial charge is 0.497 e. The van der Waals surface area contributed by atoms with Crippen molar-refractivity contribution in [3.05, 3.63) is 81.4 Å². The topological polar surface area (TPSA) is 52.0 Å². The molecule has 7 heteroatoms. The normalized spacial score (nSPS) is 12.1. The maximum absolute atomic E-state index is 6.49. The van der Waals surface area contributed by atoms with Gasteiger partial charge in [0, 0.05) is 35.3 Å². The van der Waals surface area contributed by atoms with Crippen LogP contribution in [0.2, 0.25) is 5.02 Å². The second-order valence-electron chi connectivity index (χ2n) is 7.02. The Morgan fingerprint density at radius 2 is 1.93 bits per heavy atom. The van der Waals surface area contributed by atoms with Gasteiger partial charge in [0.05, 0.1) is 34.2 Å². The molecule has 4 aromatic rings. The SMILES string of the molecule is COc1ccc(-n2cc(CN[C@H](C)c3csc(C)n3)c(-c3ccccc3Cl)n2)cc1. The van der Waals surface area contributed by atoms with E-state index in [-0.39, 0.29) is 6.04 Å². The number of nitrogens with zero attached hydrogens (tertiary/aromatic N) is 3. The lowest BCUT2D eigenvalue weighted by Crippen LogP contribution is -2.18. The van der Waals surface area contributed by atoms with Crippen molar-refractivity contribution < 1.29 is 4.74 Å². The third kappa shape index (κ3) is 4.41. The van der Waals surface area contributed by atoms with Crippen LogP contribution in [0.3, 0.4) is 0 Å². The van der Waals surface area contributed by atoms with E-state index in [1.165, 1.54) is 0 Å². The molecule has 0 fully saturated rings. The van der Waals surface area contributed by atoms with Gasteiger partial charge < -0.3 is 10.1 Å². The number of hydrogen-bond donors (Lipinski definition) is 1. The molecule has 0 saturated carbocycles. The van der Waals surface area contributed by atoms with Crippen LogP contribution >= 0.6 is 22.9 Å². The van der Waals surface area contributed by atoms with Gasteiger partial charge >= 0.3 is 0 Å². The lowest BCUT2D eigenvalue weighted by molar-refractivity contribution is 0.414. The highest BCUT2D eigenvalue weighted by atomic mass is 35.5. The van der Waals surface area contributed by atoms with Gasteiger partial charge in [0.15, 0.2) is 0 Å². The summed E-state index contributed by atoms with van der Waals surface area (Å²) in [7, 11) is 1.66. The summed E-state index contributed by atoms with van der Waals surface area (Å²) in [5, 5.41) is 12.3. The van der Waals surface area contributed by atoms with Crippen LogP contribution in [0.4, 0.5) is 0 Å². The van der Waals surface area contributed by atoms with Crippen molar-refractivity contribution >= 4 is 22.9 Å². The van der Waals surface area contributed by atoms with Gasteiger partial charge in [-0.2, -0.15) is 5.10 Å². The van der Waals surface area contributed by atoms with Crippen LogP contribution in [-0.4, -0.2) is 21.9 Å². The molecule has 1 N–H and O–H groups in total. The first-order valence-electron chi connectivity index (χ1n) is 9.68. The van der Waals surface area contributed by atoms with Crippen LogP contribution in [0.5, 0.6) is 5.75 Å². The molecular formula is C23H23ClN4OS. The Labute approximate surface area is 185 Å². The Bertz CT molecular complexity index is 1140. The molecule has 0 aliphatic rings. The number of aryl methyl sites for hydroxylation is 1. The summed E-state index contributed by atoms with van der Waals surface area (Å²) < 4.78 is 7.15. The zero-order valence-corrected chi connectivity index (χ0v) is 18.7. The molecule has 30 heavy (non-hydrogen) atoms. The number of thiazole rings is 1. The molecule has 0 unspecified atom stereocenters. The molecule has 0 saturated heterocycles. The van der Waals surface area contributed by atoms with Crippen molar-refractivity contribution in [2.45, 2.75) is 26.4 Å². The van der Waals surface area contributed by atoms with E-state index in [0.29, 0.717) is 11.6 Å². The van der Waals surface area contributed by atoms with Crippen molar-refractivity contribution in [3.63, 3.8) is 0 Å². The van der Waals surface area contributed by atoms with Crippen molar-refractivity contribution in [3.8, 4) is 22.7 Å². The van der Waals surface area contributed by atoms with Crippen LogP contribution in [0, 0.1) is 6.92 Å². The highest BCUT2D eigenvalue weighted by Gasteiger charge is 2.16. The first-order valence-corrected chi connectivity index (χ1v) is 10.9. The highest BCUT2D eigenvalue weighted by molar-refractivity contribution is 7.09. The number of rotatable bonds is 7. The molecule has 0 bridgehead atoms. The van der Waals surface area contributed by atoms with E-state index < -0.39 is 0 Å². The van der Waals surface area contributed by atoms with Gasteiger partial charge in [-0.3, -0.25) is 0 Å². The van der Waals surface area contributed by atoms with Gasteiger partial charge in [-0.1, -0.05) is 29.8 Å². The summed E-state index contributed by atoms with van der Waals surface area (Å²) in [6, 6.07) is 15.8. The van der Waals surface area contributed by atoms with Crippen LogP contribution < -0.4 is 10.1 Å². The first kappa shape index (κ1) is 20.6. The summed E-state index contributed by atoms with van der Waals surface area (Å²) in [6.07, 6.45) is 2.05. The van der Waals surface area contributed by atoms with Crippen LogP contribution in [-0.2, 0) is 6.54 Å². The number of hydrogen-bond acceptors (Lipinski definition) is 5. The minimum Gasteiger partial charge on any atom is -0.497 e. The highest BCUT2D eigenvalue weighted by Crippen LogP contribution is 2.30. The number of methoxy groups -OCH3 is 1. The quantitative estimate of drug-likeness (QED) is 0.395. The Morgan fingerprint density at radius 3 is 2.60 bits per heavy atom. The molecule has 0 amide bonds. The monoisotopic (exact) mass is 438 g/mol.